The molecule has 22 heavy (non-hydrogen) atoms. The monoisotopic (exact) mass is 364 g/mol. The van der Waals surface area contributed by atoms with Gasteiger partial charge in [-0.15, -0.1) is 0 Å². The number of benzene rings is 2. The average Bonchev–Trinajstić information content (AvgIpc) is 2.50. The van der Waals surface area contributed by atoms with E-state index >= 15 is 0 Å². The predicted molar refractivity (Wildman–Crippen MR) is 85.9 cm³/mol. The maximum atomic E-state index is 13.4. The molecule has 6 heteroatoms. The van der Waals surface area contributed by atoms with Crippen molar-refractivity contribution in [3.8, 4) is 0 Å². The molecule has 2 aromatic rings. The van der Waals surface area contributed by atoms with Crippen molar-refractivity contribution in [3.63, 3.8) is 0 Å². The standard InChI is InChI=1S/C16H14BrFN2O2/c17-12-6-2-1-5-11(12)9-15(21)19-10-16(22)20-14-8-4-3-7-13(14)18/h1-8H,9-10H2,(H,19,21)(H,20,22). The molecule has 0 fully saturated rings. The van der Waals surface area contributed by atoms with Gasteiger partial charge in [0.2, 0.25) is 11.8 Å². The van der Waals surface area contributed by atoms with Gasteiger partial charge in [-0.25, -0.2) is 4.39 Å². The lowest BCUT2D eigenvalue weighted by Crippen LogP contribution is -2.34. The molecular formula is C16H14BrFN2O2. The van der Waals surface area contributed by atoms with Gasteiger partial charge >= 0.3 is 0 Å². The number of carbonyl (C=O) groups excluding carboxylic acids is 2. The summed E-state index contributed by atoms with van der Waals surface area (Å²) in [6.45, 7) is -0.211. The highest BCUT2D eigenvalue weighted by Crippen LogP contribution is 2.16. The zero-order chi connectivity index (χ0) is 15.9. The van der Waals surface area contributed by atoms with E-state index in [1.165, 1.54) is 18.2 Å². The fourth-order valence-corrected chi connectivity index (χ4v) is 2.24. The molecule has 0 spiro atoms. The van der Waals surface area contributed by atoms with E-state index in [1.54, 1.807) is 6.07 Å². The lowest BCUT2D eigenvalue weighted by molar-refractivity contribution is -0.123. The summed E-state index contributed by atoms with van der Waals surface area (Å²) in [5.41, 5.74) is 0.919. The number of halogens is 2. The largest absolute Gasteiger partial charge is 0.347 e. The molecule has 0 aromatic heterocycles. The summed E-state index contributed by atoms with van der Waals surface area (Å²) in [5, 5.41) is 4.91. The molecule has 4 nitrogen and oxygen atoms in total. The van der Waals surface area contributed by atoms with E-state index in [-0.39, 0.29) is 24.6 Å². The number of para-hydroxylation sites is 1. The highest BCUT2D eigenvalue weighted by Gasteiger charge is 2.10. The number of hydrogen-bond donors (Lipinski definition) is 2. The van der Waals surface area contributed by atoms with Crippen molar-refractivity contribution >= 4 is 33.4 Å². The first kappa shape index (κ1) is 16.2. The SMILES string of the molecule is O=C(Cc1ccccc1Br)NCC(=O)Nc1ccccc1F. The van der Waals surface area contributed by atoms with Gasteiger partial charge < -0.3 is 10.6 Å². The Hall–Kier alpha value is -2.21. The molecule has 0 heterocycles. The first-order valence-electron chi connectivity index (χ1n) is 6.61. The Balaban J connectivity index is 1.82. The first-order chi connectivity index (χ1) is 10.6. The van der Waals surface area contributed by atoms with Crippen LogP contribution < -0.4 is 10.6 Å². The van der Waals surface area contributed by atoms with Gasteiger partial charge in [0.25, 0.3) is 0 Å². The Morgan fingerprint density at radius 3 is 2.41 bits per heavy atom. The van der Waals surface area contributed by atoms with E-state index < -0.39 is 11.7 Å². The van der Waals surface area contributed by atoms with Gasteiger partial charge in [-0.2, -0.15) is 0 Å². The molecule has 0 saturated heterocycles. The van der Waals surface area contributed by atoms with Gasteiger partial charge in [-0.3, -0.25) is 9.59 Å². The summed E-state index contributed by atoms with van der Waals surface area (Å²) in [7, 11) is 0. The number of rotatable bonds is 5. The van der Waals surface area contributed by atoms with Crippen LogP contribution in [-0.2, 0) is 16.0 Å². The van der Waals surface area contributed by atoms with Crippen LogP contribution in [0.1, 0.15) is 5.56 Å². The maximum absolute atomic E-state index is 13.4. The van der Waals surface area contributed by atoms with Crippen molar-refractivity contribution in [2.24, 2.45) is 0 Å². The third-order valence-electron chi connectivity index (χ3n) is 2.90. The summed E-state index contributed by atoms with van der Waals surface area (Å²) >= 11 is 3.36. The van der Waals surface area contributed by atoms with Crippen LogP contribution in [0, 0.1) is 5.82 Å². The Bertz CT molecular complexity index is 632. The molecule has 2 aromatic carbocycles. The minimum atomic E-state index is -0.518. The number of amides is 2. The number of nitrogens with one attached hydrogen (secondary N) is 2. The van der Waals surface area contributed by atoms with Crippen LogP contribution in [0.5, 0.6) is 0 Å². The maximum Gasteiger partial charge on any atom is 0.243 e. The number of carbonyl (C=O) groups is 2. The normalized spacial score (nSPS) is 10.1. The molecule has 0 unspecified atom stereocenters. The van der Waals surface area contributed by atoms with E-state index in [0.717, 1.165) is 10.0 Å². The summed E-state index contributed by atoms with van der Waals surface area (Å²) in [5.74, 6) is -1.28. The second-order valence-corrected chi connectivity index (χ2v) is 5.43. The Morgan fingerprint density at radius 2 is 1.68 bits per heavy atom. The minimum Gasteiger partial charge on any atom is -0.347 e. The molecule has 0 aliphatic carbocycles. The molecule has 2 N–H and O–H groups in total. The smallest absolute Gasteiger partial charge is 0.243 e. The molecule has 0 atom stereocenters. The fourth-order valence-electron chi connectivity index (χ4n) is 1.81. The van der Waals surface area contributed by atoms with Gasteiger partial charge in [-0.05, 0) is 23.8 Å². The van der Waals surface area contributed by atoms with Crippen LogP contribution in [-0.4, -0.2) is 18.4 Å². The van der Waals surface area contributed by atoms with E-state index in [1.807, 2.05) is 24.3 Å². The highest BCUT2D eigenvalue weighted by atomic mass is 79.9. The molecule has 0 bridgehead atoms. The number of hydrogen-bond acceptors (Lipinski definition) is 2. The van der Waals surface area contributed by atoms with Crippen molar-refractivity contribution in [2.75, 3.05) is 11.9 Å². The van der Waals surface area contributed by atoms with Gasteiger partial charge in [0, 0.05) is 4.47 Å². The van der Waals surface area contributed by atoms with E-state index in [9.17, 15) is 14.0 Å². The first-order valence-corrected chi connectivity index (χ1v) is 7.40. The van der Waals surface area contributed by atoms with Gasteiger partial charge in [0.1, 0.15) is 5.82 Å². The van der Waals surface area contributed by atoms with E-state index in [0.29, 0.717) is 0 Å². The fraction of sp³-hybridized carbons (Fsp3) is 0.125. The third-order valence-corrected chi connectivity index (χ3v) is 3.68. The molecule has 2 amide bonds. The zero-order valence-electron chi connectivity index (χ0n) is 11.6. The Labute approximate surface area is 135 Å². The quantitative estimate of drug-likeness (QED) is 0.856. The van der Waals surface area contributed by atoms with Crippen molar-refractivity contribution in [1.82, 2.24) is 5.32 Å². The van der Waals surface area contributed by atoms with E-state index in [2.05, 4.69) is 26.6 Å². The summed E-state index contributed by atoms with van der Waals surface area (Å²) in [4.78, 5) is 23.5. The van der Waals surface area contributed by atoms with Crippen LogP contribution in [0.4, 0.5) is 10.1 Å². The van der Waals surface area contributed by atoms with Gasteiger partial charge in [-0.1, -0.05) is 46.3 Å². The molecule has 0 aliphatic rings. The summed E-state index contributed by atoms with van der Waals surface area (Å²) < 4.78 is 14.2. The van der Waals surface area contributed by atoms with Crippen molar-refractivity contribution in [3.05, 3.63) is 64.4 Å². The van der Waals surface area contributed by atoms with Crippen LogP contribution in [0.3, 0.4) is 0 Å². The summed E-state index contributed by atoms with van der Waals surface area (Å²) in [6.07, 6.45) is 0.161. The second-order valence-electron chi connectivity index (χ2n) is 4.57. The Kier molecular flexibility index (Phi) is 5.66. The zero-order valence-corrected chi connectivity index (χ0v) is 13.2. The minimum absolute atomic E-state index is 0.0903. The Morgan fingerprint density at radius 1 is 1.00 bits per heavy atom. The van der Waals surface area contributed by atoms with Crippen LogP contribution in [0.2, 0.25) is 0 Å². The van der Waals surface area contributed by atoms with Crippen LogP contribution >= 0.6 is 15.9 Å². The summed E-state index contributed by atoms with van der Waals surface area (Å²) in [6, 6.07) is 13.2. The highest BCUT2D eigenvalue weighted by molar-refractivity contribution is 9.10. The molecule has 2 rings (SSSR count). The topological polar surface area (TPSA) is 58.2 Å². The lowest BCUT2D eigenvalue weighted by Gasteiger charge is -2.08. The number of anilines is 1. The molecule has 0 saturated carbocycles. The molecule has 0 radical (unpaired) electrons. The average molecular weight is 365 g/mol. The lowest BCUT2D eigenvalue weighted by atomic mass is 10.1. The molecular weight excluding hydrogens is 351 g/mol. The van der Waals surface area contributed by atoms with Gasteiger partial charge in [0.05, 0.1) is 18.7 Å². The van der Waals surface area contributed by atoms with E-state index in [4.69, 9.17) is 0 Å². The van der Waals surface area contributed by atoms with Crippen molar-refractivity contribution in [2.45, 2.75) is 6.42 Å². The molecule has 0 aliphatic heterocycles. The van der Waals surface area contributed by atoms with Crippen LogP contribution in [0.25, 0.3) is 0 Å². The van der Waals surface area contributed by atoms with Crippen molar-refractivity contribution in [1.29, 1.82) is 0 Å². The van der Waals surface area contributed by atoms with Crippen LogP contribution in [0.15, 0.2) is 53.0 Å². The second kappa shape index (κ2) is 7.70. The van der Waals surface area contributed by atoms with Gasteiger partial charge in [0.15, 0.2) is 0 Å². The molecule has 114 valence electrons. The van der Waals surface area contributed by atoms with Crippen molar-refractivity contribution < 1.29 is 14.0 Å². The predicted octanol–water partition coefficient (Wildman–Crippen LogP) is 2.89. The third kappa shape index (κ3) is 4.66.